The Morgan fingerprint density at radius 1 is 1.47 bits per heavy atom. The fourth-order valence-electron chi connectivity index (χ4n) is 3.64. The van der Waals surface area contributed by atoms with Gasteiger partial charge in [-0.2, -0.15) is 0 Å². The number of hydrogen-bond acceptors (Lipinski definition) is 1. The van der Waals surface area contributed by atoms with E-state index in [4.69, 9.17) is 0 Å². The van der Waals surface area contributed by atoms with Gasteiger partial charge in [-0.3, -0.25) is 0 Å². The Hall–Kier alpha value is -1.08. The summed E-state index contributed by atoms with van der Waals surface area (Å²) in [5.74, 6) is 0.700. The first-order valence-electron chi connectivity index (χ1n) is 6.60. The molecule has 1 aromatic carbocycles. The molecule has 2 atom stereocenters. The van der Waals surface area contributed by atoms with E-state index in [0.717, 1.165) is 6.54 Å². The molecule has 2 aliphatic rings. The summed E-state index contributed by atoms with van der Waals surface area (Å²) in [6.07, 6.45) is 2.52. The normalized spacial score (nSPS) is 30.8. The van der Waals surface area contributed by atoms with E-state index in [1.807, 2.05) is 0 Å². The van der Waals surface area contributed by atoms with Crippen molar-refractivity contribution in [2.75, 3.05) is 13.1 Å². The molecule has 0 amide bonds. The van der Waals surface area contributed by atoms with Crippen molar-refractivity contribution in [3.8, 4) is 0 Å². The molecular weight excluding hydrogens is 206 g/mol. The van der Waals surface area contributed by atoms with Crippen LogP contribution in [-0.2, 0) is 6.42 Å². The minimum Gasteiger partial charge on any atom is -0.316 e. The van der Waals surface area contributed by atoms with Crippen LogP contribution >= 0.6 is 0 Å². The van der Waals surface area contributed by atoms with Gasteiger partial charge in [0.25, 0.3) is 0 Å². The second kappa shape index (κ2) is 3.71. The van der Waals surface area contributed by atoms with Gasteiger partial charge in [-0.15, -0.1) is 0 Å². The Labute approximate surface area is 104 Å². The van der Waals surface area contributed by atoms with Gasteiger partial charge in [0.15, 0.2) is 0 Å². The molecule has 0 saturated carbocycles. The molecule has 1 heteroatoms. The summed E-state index contributed by atoms with van der Waals surface area (Å²) in [6.45, 7) is 11.0. The van der Waals surface area contributed by atoms with Gasteiger partial charge >= 0.3 is 0 Å². The highest BCUT2D eigenvalue weighted by atomic mass is 14.9. The molecule has 0 bridgehead atoms. The van der Waals surface area contributed by atoms with Crippen molar-refractivity contribution in [3.63, 3.8) is 0 Å². The maximum Gasteiger partial charge on any atom is 0.00324 e. The molecule has 1 aromatic rings. The van der Waals surface area contributed by atoms with Gasteiger partial charge in [0, 0.05) is 19.0 Å². The number of fused-ring (bicyclic) bond motifs is 3. The first-order valence-corrected chi connectivity index (χ1v) is 6.60. The second-order valence-electron chi connectivity index (χ2n) is 5.99. The summed E-state index contributed by atoms with van der Waals surface area (Å²) >= 11 is 0. The van der Waals surface area contributed by atoms with Gasteiger partial charge in [-0.1, -0.05) is 37.3 Å². The van der Waals surface area contributed by atoms with E-state index < -0.39 is 0 Å². The zero-order valence-electron chi connectivity index (χ0n) is 10.8. The molecule has 1 N–H and O–H groups in total. The summed E-state index contributed by atoms with van der Waals surface area (Å²) in [5, 5.41) is 3.57. The first kappa shape index (κ1) is 11.0. The number of benzene rings is 1. The maximum atomic E-state index is 4.12. The van der Waals surface area contributed by atoms with E-state index in [0.29, 0.717) is 11.3 Å². The summed E-state index contributed by atoms with van der Waals surface area (Å²) in [6, 6.07) is 6.76. The standard InChI is InChI=1S/C16H21N/c1-11(2)12-5-4-6-14-13(12)7-8-16(3)10-17-9-15(14)16/h4-6,15,17H,1,7-10H2,2-3H3/t15-,16-/m0/s1. The first-order chi connectivity index (χ1) is 8.12. The molecule has 0 unspecified atom stereocenters. The van der Waals surface area contributed by atoms with E-state index >= 15 is 0 Å². The highest BCUT2D eigenvalue weighted by Crippen LogP contribution is 2.48. The van der Waals surface area contributed by atoms with Gasteiger partial charge in [0.05, 0.1) is 0 Å². The van der Waals surface area contributed by atoms with Crippen molar-refractivity contribution >= 4 is 5.57 Å². The van der Waals surface area contributed by atoms with Gasteiger partial charge in [0.1, 0.15) is 0 Å². The largest absolute Gasteiger partial charge is 0.316 e. The Balaban J connectivity index is 2.13. The molecule has 1 aliphatic carbocycles. The fraction of sp³-hybridized carbons (Fsp3) is 0.500. The molecule has 1 saturated heterocycles. The number of allylic oxidation sites excluding steroid dienone is 1. The molecule has 1 aliphatic heterocycles. The SMILES string of the molecule is C=C(C)c1cccc2c1CC[C@@]1(C)CNC[C@@H]21. The van der Waals surface area contributed by atoms with E-state index in [1.165, 1.54) is 30.5 Å². The highest BCUT2D eigenvalue weighted by Gasteiger charge is 2.43. The van der Waals surface area contributed by atoms with E-state index in [9.17, 15) is 0 Å². The minimum atomic E-state index is 0.473. The Morgan fingerprint density at radius 2 is 2.29 bits per heavy atom. The zero-order valence-corrected chi connectivity index (χ0v) is 10.8. The molecule has 1 nitrogen and oxygen atoms in total. The quantitative estimate of drug-likeness (QED) is 0.775. The second-order valence-corrected chi connectivity index (χ2v) is 5.99. The summed E-state index contributed by atoms with van der Waals surface area (Å²) in [7, 11) is 0. The van der Waals surface area contributed by atoms with Crippen molar-refractivity contribution in [2.45, 2.75) is 32.6 Å². The predicted molar refractivity (Wildman–Crippen MR) is 73.2 cm³/mol. The summed E-state index contributed by atoms with van der Waals surface area (Å²) < 4.78 is 0. The summed E-state index contributed by atoms with van der Waals surface area (Å²) in [5.41, 5.74) is 6.20. The lowest BCUT2D eigenvalue weighted by Gasteiger charge is -2.37. The third-order valence-electron chi connectivity index (χ3n) is 4.71. The monoisotopic (exact) mass is 227 g/mol. The molecule has 0 aromatic heterocycles. The fourth-order valence-corrected chi connectivity index (χ4v) is 3.64. The smallest absolute Gasteiger partial charge is 0.00324 e. The molecule has 17 heavy (non-hydrogen) atoms. The Kier molecular flexibility index (Phi) is 2.41. The van der Waals surface area contributed by atoms with Crippen LogP contribution in [0, 0.1) is 5.41 Å². The van der Waals surface area contributed by atoms with E-state index in [2.05, 4.69) is 43.9 Å². The predicted octanol–water partition coefficient (Wildman–Crippen LogP) is 3.36. The highest BCUT2D eigenvalue weighted by molar-refractivity contribution is 5.66. The lowest BCUT2D eigenvalue weighted by atomic mass is 9.66. The van der Waals surface area contributed by atoms with Gasteiger partial charge < -0.3 is 5.32 Å². The lowest BCUT2D eigenvalue weighted by molar-refractivity contribution is 0.277. The maximum absolute atomic E-state index is 4.12. The van der Waals surface area contributed by atoms with Gasteiger partial charge in [0.2, 0.25) is 0 Å². The van der Waals surface area contributed by atoms with Gasteiger partial charge in [-0.05, 0) is 41.9 Å². The van der Waals surface area contributed by atoms with Crippen molar-refractivity contribution in [1.82, 2.24) is 5.32 Å². The third-order valence-corrected chi connectivity index (χ3v) is 4.71. The Bertz CT molecular complexity index is 474. The number of rotatable bonds is 1. The number of nitrogens with one attached hydrogen (secondary N) is 1. The topological polar surface area (TPSA) is 12.0 Å². The minimum absolute atomic E-state index is 0.473. The van der Waals surface area contributed by atoms with Crippen molar-refractivity contribution in [2.24, 2.45) is 5.41 Å². The van der Waals surface area contributed by atoms with Crippen LogP contribution < -0.4 is 5.32 Å². The van der Waals surface area contributed by atoms with Crippen molar-refractivity contribution in [3.05, 3.63) is 41.5 Å². The third kappa shape index (κ3) is 1.56. The molecule has 0 radical (unpaired) electrons. The molecule has 1 heterocycles. The van der Waals surface area contributed by atoms with Crippen LogP contribution in [-0.4, -0.2) is 13.1 Å². The van der Waals surface area contributed by atoms with Crippen LogP contribution in [0.2, 0.25) is 0 Å². The average Bonchev–Trinajstić information content (AvgIpc) is 2.70. The Morgan fingerprint density at radius 3 is 3.06 bits per heavy atom. The van der Waals surface area contributed by atoms with Crippen LogP contribution in [0.25, 0.3) is 5.57 Å². The molecule has 1 fully saturated rings. The molecular formula is C16H21N. The van der Waals surface area contributed by atoms with Crippen LogP contribution in [0.15, 0.2) is 24.8 Å². The van der Waals surface area contributed by atoms with Crippen molar-refractivity contribution < 1.29 is 0 Å². The number of hydrogen-bond donors (Lipinski definition) is 1. The van der Waals surface area contributed by atoms with E-state index in [1.54, 1.807) is 11.1 Å². The van der Waals surface area contributed by atoms with Crippen LogP contribution in [0.5, 0.6) is 0 Å². The lowest BCUT2D eigenvalue weighted by Crippen LogP contribution is -2.30. The van der Waals surface area contributed by atoms with Crippen LogP contribution in [0.4, 0.5) is 0 Å². The van der Waals surface area contributed by atoms with E-state index in [-0.39, 0.29) is 0 Å². The summed E-state index contributed by atoms with van der Waals surface area (Å²) in [4.78, 5) is 0. The van der Waals surface area contributed by atoms with Crippen LogP contribution in [0.1, 0.15) is 42.9 Å². The zero-order chi connectivity index (χ0) is 12.0. The van der Waals surface area contributed by atoms with Gasteiger partial charge in [-0.25, -0.2) is 0 Å². The molecule has 90 valence electrons. The molecule has 0 spiro atoms. The molecule has 3 rings (SSSR count). The van der Waals surface area contributed by atoms with Crippen LogP contribution in [0.3, 0.4) is 0 Å². The van der Waals surface area contributed by atoms with Crippen molar-refractivity contribution in [1.29, 1.82) is 0 Å². The average molecular weight is 227 g/mol.